The van der Waals surface area contributed by atoms with Crippen LogP contribution in [0.15, 0.2) is 34.9 Å². The van der Waals surface area contributed by atoms with E-state index in [1.807, 2.05) is 0 Å². The number of halogens is 2. The number of rotatable bonds is 4. The third kappa shape index (κ3) is 3.77. The van der Waals surface area contributed by atoms with Gasteiger partial charge in [-0.3, -0.25) is 14.9 Å². The second kappa shape index (κ2) is 8.28. The van der Waals surface area contributed by atoms with Gasteiger partial charge in [0.05, 0.1) is 16.8 Å². The first-order chi connectivity index (χ1) is 14.5. The van der Waals surface area contributed by atoms with E-state index >= 15 is 0 Å². The van der Waals surface area contributed by atoms with E-state index in [4.69, 9.17) is 4.52 Å². The van der Waals surface area contributed by atoms with E-state index in [-0.39, 0.29) is 41.0 Å². The van der Waals surface area contributed by atoms with Gasteiger partial charge in [-0.05, 0) is 56.1 Å². The molecular formula is C22H21ClFN3O4. The van der Waals surface area contributed by atoms with E-state index < -0.39 is 11.8 Å². The number of benzene rings is 2. The summed E-state index contributed by atoms with van der Waals surface area (Å²) in [5.74, 6) is -1.20. The summed E-state index contributed by atoms with van der Waals surface area (Å²) in [6.07, 6.45) is 2.40. The van der Waals surface area contributed by atoms with Gasteiger partial charge in [-0.25, -0.2) is 4.39 Å². The number of amides is 2. The van der Waals surface area contributed by atoms with Crippen molar-refractivity contribution in [1.29, 1.82) is 0 Å². The quantitative estimate of drug-likeness (QED) is 0.597. The highest BCUT2D eigenvalue weighted by molar-refractivity contribution is 6.22. The molecule has 0 spiro atoms. The highest BCUT2D eigenvalue weighted by Crippen LogP contribution is 2.33. The van der Waals surface area contributed by atoms with Crippen molar-refractivity contribution >= 4 is 35.2 Å². The van der Waals surface area contributed by atoms with E-state index in [0.29, 0.717) is 17.6 Å². The maximum Gasteiger partial charge on any atom is 0.262 e. The fraction of sp³-hybridized carbons (Fsp3) is 0.318. The second-order valence-electron chi connectivity index (χ2n) is 7.85. The van der Waals surface area contributed by atoms with Gasteiger partial charge in [0.25, 0.3) is 11.8 Å². The van der Waals surface area contributed by atoms with Crippen molar-refractivity contribution in [3.63, 3.8) is 0 Å². The molecule has 2 aliphatic rings. The Labute approximate surface area is 183 Å². The van der Waals surface area contributed by atoms with Crippen LogP contribution in [0.1, 0.15) is 50.7 Å². The van der Waals surface area contributed by atoms with Crippen molar-refractivity contribution in [1.82, 2.24) is 15.4 Å². The van der Waals surface area contributed by atoms with Crippen molar-refractivity contribution in [2.24, 2.45) is 0 Å². The van der Waals surface area contributed by atoms with Gasteiger partial charge in [-0.1, -0.05) is 11.2 Å². The number of phenols is 1. The lowest BCUT2D eigenvalue weighted by Crippen LogP contribution is -2.34. The number of aromatic nitrogens is 1. The van der Waals surface area contributed by atoms with Gasteiger partial charge in [-0.15, -0.1) is 12.4 Å². The molecule has 9 heteroatoms. The van der Waals surface area contributed by atoms with Crippen LogP contribution in [0.5, 0.6) is 5.75 Å². The fourth-order valence-corrected chi connectivity index (χ4v) is 4.42. The SMILES string of the molecule is Cl.O=C1NC(=O)c2c1ccc(CCN1CCC(c3noc4cc(F)ccc34)CC1)c2O. The molecule has 2 aliphatic heterocycles. The molecule has 0 bridgehead atoms. The van der Waals surface area contributed by atoms with Gasteiger partial charge in [-0.2, -0.15) is 0 Å². The third-order valence-corrected chi connectivity index (χ3v) is 6.09. The van der Waals surface area contributed by atoms with Crippen LogP contribution in [-0.2, 0) is 6.42 Å². The zero-order chi connectivity index (χ0) is 20.8. The maximum atomic E-state index is 13.4. The first-order valence-corrected chi connectivity index (χ1v) is 9.99. The molecule has 7 nitrogen and oxygen atoms in total. The molecule has 3 heterocycles. The first-order valence-electron chi connectivity index (χ1n) is 9.99. The molecule has 1 aromatic heterocycles. The maximum absolute atomic E-state index is 13.4. The van der Waals surface area contributed by atoms with Crippen LogP contribution < -0.4 is 5.32 Å². The molecule has 2 amide bonds. The van der Waals surface area contributed by atoms with Gasteiger partial charge < -0.3 is 14.5 Å². The summed E-state index contributed by atoms with van der Waals surface area (Å²) in [5.41, 5.74) is 2.32. The number of carbonyl (C=O) groups is 2. The summed E-state index contributed by atoms with van der Waals surface area (Å²) in [5, 5.41) is 17.7. The smallest absolute Gasteiger partial charge is 0.262 e. The molecule has 0 aliphatic carbocycles. The van der Waals surface area contributed by atoms with Gasteiger partial charge >= 0.3 is 0 Å². The Morgan fingerprint density at radius 2 is 1.94 bits per heavy atom. The molecule has 0 unspecified atom stereocenters. The van der Waals surface area contributed by atoms with Gasteiger partial charge in [0.15, 0.2) is 5.58 Å². The second-order valence-corrected chi connectivity index (χ2v) is 7.85. The molecule has 0 radical (unpaired) electrons. The van der Waals surface area contributed by atoms with Crippen LogP contribution >= 0.6 is 12.4 Å². The molecule has 31 heavy (non-hydrogen) atoms. The molecule has 0 saturated carbocycles. The number of carbonyl (C=O) groups excluding carboxylic acids is 2. The molecule has 2 aromatic carbocycles. The van der Waals surface area contributed by atoms with Gasteiger partial charge in [0.1, 0.15) is 11.6 Å². The Morgan fingerprint density at radius 1 is 1.16 bits per heavy atom. The number of piperidine rings is 1. The predicted molar refractivity (Wildman–Crippen MR) is 113 cm³/mol. The summed E-state index contributed by atoms with van der Waals surface area (Å²) >= 11 is 0. The summed E-state index contributed by atoms with van der Waals surface area (Å²) in [7, 11) is 0. The molecule has 5 rings (SSSR count). The lowest BCUT2D eigenvalue weighted by molar-refractivity contribution is 0.0879. The average molecular weight is 446 g/mol. The molecule has 1 saturated heterocycles. The molecule has 3 aromatic rings. The predicted octanol–water partition coefficient (Wildman–Crippen LogP) is 3.40. The lowest BCUT2D eigenvalue weighted by Gasteiger charge is -2.31. The van der Waals surface area contributed by atoms with E-state index in [1.54, 1.807) is 18.2 Å². The minimum atomic E-state index is -0.546. The minimum absolute atomic E-state index is 0. The highest BCUT2D eigenvalue weighted by atomic mass is 35.5. The number of fused-ring (bicyclic) bond motifs is 2. The van der Waals surface area contributed by atoms with Crippen LogP contribution in [-0.4, -0.2) is 46.6 Å². The first kappa shape index (κ1) is 21.3. The number of hydrogen-bond acceptors (Lipinski definition) is 6. The summed E-state index contributed by atoms with van der Waals surface area (Å²) < 4.78 is 18.6. The fourth-order valence-electron chi connectivity index (χ4n) is 4.42. The Kier molecular flexibility index (Phi) is 5.68. The average Bonchev–Trinajstić information content (AvgIpc) is 3.28. The van der Waals surface area contributed by atoms with E-state index in [2.05, 4.69) is 15.4 Å². The standard InChI is InChI=1S/C22H20FN3O4.ClH/c23-14-2-4-15-17(11-14)30-25-19(15)12-5-8-26(9-6-12)10-7-13-1-3-16-18(20(13)27)22(29)24-21(16)28;/h1-4,11-12,27H,5-10H2,(H,24,28,29);1H. The van der Waals surface area contributed by atoms with Crippen molar-refractivity contribution in [3.05, 3.63) is 58.5 Å². The number of aromatic hydroxyl groups is 1. The lowest BCUT2D eigenvalue weighted by atomic mass is 9.91. The Morgan fingerprint density at radius 3 is 2.71 bits per heavy atom. The Bertz CT molecular complexity index is 1170. The van der Waals surface area contributed by atoms with Gasteiger partial charge in [0.2, 0.25) is 0 Å². The highest BCUT2D eigenvalue weighted by Gasteiger charge is 2.31. The number of likely N-dealkylation sites (tertiary alicyclic amines) is 1. The molecule has 162 valence electrons. The third-order valence-electron chi connectivity index (χ3n) is 6.09. The Hall–Kier alpha value is -2.97. The molecule has 0 atom stereocenters. The van der Waals surface area contributed by atoms with E-state index in [1.165, 1.54) is 12.1 Å². The number of phenolic OH excluding ortho intramolecular Hbond substituents is 1. The van der Waals surface area contributed by atoms with Crippen molar-refractivity contribution in [2.75, 3.05) is 19.6 Å². The Balaban J connectivity index is 0.00000231. The van der Waals surface area contributed by atoms with Crippen LogP contribution in [0.4, 0.5) is 4.39 Å². The number of nitrogens with zero attached hydrogens (tertiary/aromatic N) is 2. The van der Waals surface area contributed by atoms with Crippen molar-refractivity contribution in [2.45, 2.75) is 25.2 Å². The summed E-state index contributed by atoms with van der Waals surface area (Å²) in [6, 6.07) is 7.81. The topological polar surface area (TPSA) is 95.7 Å². The monoisotopic (exact) mass is 445 g/mol. The van der Waals surface area contributed by atoms with E-state index in [0.717, 1.165) is 43.6 Å². The van der Waals surface area contributed by atoms with Crippen LogP contribution in [0.25, 0.3) is 11.0 Å². The summed E-state index contributed by atoms with van der Waals surface area (Å²) in [6.45, 7) is 2.47. The zero-order valence-electron chi connectivity index (χ0n) is 16.6. The van der Waals surface area contributed by atoms with Crippen LogP contribution in [0.3, 0.4) is 0 Å². The summed E-state index contributed by atoms with van der Waals surface area (Å²) in [4.78, 5) is 25.9. The van der Waals surface area contributed by atoms with Crippen molar-refractivity contribution in [3.8, 4) is 5.75 Å². The van der Waals surface area contributed by atoms with Gasteiger partial charge in [0, 0.05) is 23.9 Å². The number of imide groups is 1. The van der Waals surface area contributed by atoms with E-state index in [9.17, 15) is 19.1 Å². The molecule has 2 N–H and O–H groups in total. The number of nitrogens with one attached hydrogen (secondary N) is 1. The minimum Gasteiger partial charge on any atom is -0.507 e. The number of hydrogen-bond donors (Lipinski definition) is 2. The molecule has 1 fully saturated rings. The van der Waals surface area contributed by atoms with Crippen LogP contribution in [0.2, 0.25) is 0 Å². The van der Waals surface area contributed by atoms with Crippen molar-refractivity contribution < 1.29 is 23.6 Å². The van der Waals surface area contributed by atoms with Crippen LogP contribution in [0, 0.1) is 5.82 Å². The molecular weight excluding hydrogens is 425 g/mol. The zero-order valence-corrected chi connectivity index (χ0v) is 17.4. The normalized spacial score (nSPS) is 16.9. The largest absolute Gasteiger partial charge is 0.507 e.